The molecule has 0 spiro atoms. The fourth-order valence-electron chi connectivity index (χ4n) is 2.60. The Balaban J connectivity index is 1.77. The van der Waals surface area contributed by atoms with Crippen molar-refractivity contribution in [2.45, 2.75) is 19.4 Å². The van der Waals surface area contributed by atoms with Crippen molar-refractivity contribution in [2.75, 3.05) is 26.7 Å². The maximum absolute atomic E-state index is 13.1. The first-order valence-electron chi connectivity index (χ1n) is 6.51. The van der Waals surface area contributed by atoms with Gasteiger partial charge in [0.25, 0.3) is 0 Å². The molecule has 100 valence electrons. The molecule has 0 saturated carbocycles. The summed E-state index contributed by atoms with van der Waals surface area (Å²) in [5, 5.41) is 12.6. The maximum Gasteiger partial charge on any atom is 0.127 e. The largest absolute Gasteiger partial charge is 0.508 e. The van der Waals surface area contributed by atoms with Crippen molar-refractivity contribution in [1.82, 2.24) is 10.2 Å². The highest BCUT2D eigenvalue weighted by molar-refractivity contribution is 5.28. The van der Waals surface area contributed by atoms with Crippen molar-refractivity contribution >= 4 is 0 Å². The van der Waals surface area contributed by atoms with Crippen LogP contribution in [-0.2, 0) is 6.54 Å². The van der Waals surface area contributed by atoms with Crippen LogP contribution < -0.4 is 5.32 Å². The van der Waals surface area contributed by atoms with Gasteiger partial charge in [-0.15, -0.1) is 0 Å². The number of hydrogen-bond acceptors (Lipinski definition) is 3. The van der Waals surface area contributed by atoms with E-state index in [9.17, 15) is 9.50 Å². The molecule has 1 atom stereocenters. The van der Waals surface area contributed by atoms with Gasteiger partial charge < -0.3 is 15.3 Å². The van der Waals surface area contributed by atoms with Crippen molar-refractivity contribution in [3.05, 3.63) is 29.6 Å². The molecule has 1 heterocycles. The van der Waals surface area contributed by atoms with E-state index in [4.69, 9.17) is 0 Å². The number of phenolic OH excluding ortho intramolecular Hbond substituents is 1. The van der Waals surface area contributed by atoms with Crippen LogP contribution in [0.4, 0.5) is 4.39 Å². The Morgan fingerprint density at radius 3 is 3.00 bits per heavy atom. The highest BCUT2D eigenvalue weighted by Gasteiger charge is 2.16. The SMILES string of the molecule is CN1CCCC(CNCc2cc(O)cc(F)c2)C1. The minimum Gasteiger partial charge on any atom is -0.508 e. The molecule has 0 aromatic heterocycles. The third-order valence-electron chi connectivity index (χ3n) is 3.43. The molecule has 0 amide bonds. The molecule has 1 saturated heterocycles. The molecule has 1 aliphatic rings. The van der Waals surface area contributed by atoms with Crippen molar-refractivity contribution in [2.24, 2.45) is 5.92 Å². The normalized spacial score (nSPS) is 21.1. The van der Waals surface area contributed by atoms with E-state index in [0.717, 1.165) is 24.7 Å². The monoisotopic (exact) mass is 252 g/mol. The van der Waals surface area contributed by atoms with E-state index in [1.54, 1.807) is 6.07 Å². The highest BCUT2D eigenvalue weighted by atomic mass is 19.1. The molecular weight excluding hydrogens is 231 g/mol. The van der Waals surface area contributed by atoms with Gasteiger partial charge >= 0.3 is 0 Å². The van der Waals surface area contributed by atoms with Crippen molar-refractivity contribution in [1.29, 1.82) is 0 Å². The number of hydrogen-bond donors (Lipinski definition) is 2. The van der Waals surface area contributed by atoms with E-state index in [1.165, 1.54) is 25.5 Å². The predicted octanol–water partition coefficient (Wildman–Crippen LogP) is 1.96. The number of nitrogens with one attached hydrogen (secondary N) is 1. The van der Waals surface area contributed by atoms with E-state index in [2.05, 4.69) is 17.3 Å². The first-order chi connectivity index (χ1) is 8.63. The zero-order valence-electron chi connectivity index (χ0n) is 10.8. The van der Waals surface area contributed by atoms with Crippen LogP contribution in [0.25, 0.3) is 0 Å². The van der Waals surface area contributed by atoms with Crippen LogP contribution in [0.2, 0.25) is 0 Å². The minimum atomic E-state index is -0.385. The van der Waals surface area contributed by atoms with Gasteiger partial charge in [0.1, 0.15) is 11.6 Å². The first-order valence-corrected chi connectivity index (χ1v) is 6.51. The van der Waals surface area contributed by atoms with E-state index < -0.39 is 0 Å². The van der Waals surface area contributed by atoms with Crippen molar-refractivity contribution in [3.8, 4) is 5.75 Å². The number of benzene rings is 1. The van der Waals surface area contributed by atoms with Gasteiger partial charge in [-0.1, -0.05) is 0 Å². The molecule has 2 N–H and O–H groups in total. The zero-order chi connectivity index (χ0) is 13.0. The molecular formula is C14H21FN2O. The number of nitrogens with zero attached hydrogens (tertiary/aromatic N) is 1. The Hall–Kier alpha value is -1.13. The smallest absolute Gasteiger partial charge is 0.127 e. The number of rotatable bonds is 4. The van der Waals surface area contributed by atoms with Crippen LogP contribution in [0.1, 0.15) is 18.4 Å². The summed E-state index contributed by atoms with van der Waals surface area (Å²) in [5.41, 5.74) is 0.789. The first kappa shape index (κ1) is 13.3. The van der Waals surface area contributed by atoms with Gasteiger partial charge in [-0.3, -0.25) is 0 Å². The number of piperidine rings is 1. The fourth-order valence-corrected chi connectivity index (χ4v) is 2.60. The average Bonchev–Trinajstić information content (AvgIpc) is 2.27. The van der Waals surface area contributed by atoms with Gasteiger partial charge in [0.15, 0.2) is 0 Å². The Kier molecular flexibility index (Phi) is 4.55. The topological polar surface area (TPSA) is 35.5 Å². The van der Waals surface area contributed by atoms with E-state index in [0.29, 0.717) is 12.5 Å². The average molecular weight is 252 g/mol. The van der Waals surface area contributed by atoms with Crippen molar-refractivity contribution in [3.63, 3.8) is 0 Å². The molecule has 1 aliphatic heterocycles. The molecule has 0 aliphatic carbocycles. The summed E-state index contributed by atoms with van der Waals surface area (Å²) in [5.74, 6) is 0.277. The van der Waals surface area contributed by atoms with Gasteiger partial charge in [-0.2, -0.15) is 0 Å². The lowest BCUT2D eigenvalue weighted by atomic mass is 9.98. The fraction of sp³-hybridized carbons (Fsp3) is 0.571. The molecule has 1 aromatic carbocycles. The van der Waals surface area contributed by atoms with Crippen LogP contribution in [0.5, 0.6) is 5.75 Å². The summed E-state index contributed by atoms with van der Waals surface area (Å²) in [6, 6.07) is 4.18. The molecule has 2 rings (SSSR count). The van der Waals surface area contributed by atoms with Crippen LogP contribution in [0.3, 0.4) is 0 Å². The van der Waals surface area contributed by atoms with Crippen LogP contribution in [0, 0.1) is 11.7 Å². The Morgan fingerprint density at radius 1 is 1.44 bits per heavy atom. The van der Waals surface area contributed by atoms with Crippen LogP contribution in [-0.4, -0.2) is 36.7 Å². The number of halogens is 1. The van der Waals surface area contributed by atoms with Gasteiger partial charge in [0, 0.05) is 19.2 Å². The Morgan fingerprint density at radius 2 is 2.28 bits per heavy atom. The standard InChI is InChI=1S/C14H21FN2O/c1-17-4-2-3-11(10-17)8-16-9-12-5-13(15)7-14(18)6-12/h5-7,11,16,18H,2-4,8-10H2,1H3. The quantitative estimate of drug-likeness (QED) is 0.860. The second-order valence-corrected chi connectivity index (χ2v) is 5.22. The predicted molar refractivity (Wildman–Crippen MR) is 70.0 cm³/mol. The minimum absolute atomic E-state index is 0.0100. The molecule has 1 aromatic rings. The molecule has 4 heteroatoms. The van der Waals surface area contributed by atoms with Crippen LogP contribution in [0.15, 0.2) is 18.2 Å². The summed E-state index contributed by atoms with van der Waals surface area (Å²) < 4.78 is 13.1. The zero-order valence-corrected chi connectivity index (χ0v) is 10.8. The third-order valence-corrected chi connectivity index (χ3v) is 3.43. The third kappa shape index (κ3) is 3.96. The molecule has 1 unspecified atom stereocenters. The van der Waals surface area contributed by atoms with Gasteiger partial charge in [0.05, 0.1) is 0 Å². The molecule has 0 radical (unpaired) electrons. The summed E-state index contributed by atoms with van der Waals surface area (Å²) in [4.78, 5) is 2.35. The number of phenols is 1. The summed E-state index contributed by atoms with van der Waals surface area (Å²) in [7, 11) is 2.15. The molecule has 3 nitrogen and oxygen atoms in total. The second-order valence-electron chi connectivity index (χ2n) is 5.22. The number of aromatic hydroxyl groups is 1. The highest BCUT2D eigenvalue weighted by Crippen LogP contribution is 2.16. The number of likely N-dealkylation sites (tertiary alicyclic amines) is 1. The summed E-state index contributed by atoms with van der Waals surface area (Å²) in [6.45, 7) is 3.86. The summed E-state index contributed by atoms with van der Waals surface area (Å²) >= 11 is 0. The van der Waals surface area contributed by atoms with Gasteiger partial charge in [-0.05, 0) is 56.6 Å². The van der Waals surface area contributed by atoms with E-state index in [-0.39, 0.29) is 11.6 Å². The molecule has 18 heavy (non-hydrogen) atoms. The summed E-state index contributed by atoms with van der Waals surface area (Å²) in [6.07, 6.45) is 2.51. The molecule has 1 fully saturated rings. The van der Waals surface area contributed by atoms with Gasteiger partial charge in [-0.25, -0.2) is 4.39 Å². The lowest BCUT2D eigenvalue weighted by Crippen LogP contribution is -2.37. The molecule has 0 bridgehead atoms. The van der Waals surface area contributed by atoms with Crippen molar-refractivity contribution < 1.29 is 9.50 Å². The Labute approximate surface area is 108 Å². The van der Waals surface area contributed by atoms with Gasteiger partial charge in [0.2, 0.25) is 0 Å². The maximum atomic E-state index is 13.1. The second kappa shape index (κ2) is 6.16. The van der Waals surface area contributed by atoms with E-state index in [1.807, 2.05) is 0 Å². The lowest BCUT2D eigenvalue weighted by Gasteiger charge is -2.29. The van der Waals surface area contributed by atoms with Crippen LogP contribution >= 0.6 is 0 Å². The van der Waals surface area contributed by atoms with E-state index >= 15 is 0 Å². The lowest BCUT2D eigenvalue weighted by molar-refractivity contribution is 0.206. The Bertz CT molecular complexity index is 377.